The molecule has 0 bridgehead atoms. The van der Waals surface area contributed by atoms with Gasteiger partial charge >= 0.3 is 0 Å². The van der Waals surface area contributed by atoms with E-state index >= 15 is 0 Å². The number of Topliss-reactive ketones (excluding diaryl/α,β-unsaturated/α-hetero) is 1. The molecule has 16 heavy (non-hydrogen) atoms. The molecule has 3 heteroatoms. The Hall–Kier alpha value is -1.35. The fraction of sp³-hybridized carbons (Fsp3) is 0.462. The molecular weight excluding hydrogens is 204 g/mol. The molecule has 0 spiro atoms. The molecule has 0 saturated carbocycles. The molecule has 0 aliphatic rings. The van der Waals surface area contributed by atoms with E-state index in [1.807, 2.05) is 32.9 Å². The second kappa shape index (κ2) is 5.66. The Morgan fingerprint density at radius 1 is 1.31 bits per heavy atom. The van der Waals surface area contributed by atoms with Gasteiger partial charge in [0.25, 0.3) is 0 Å². The minimum Gasteiger partial charge on any atom is -0.496 e. The van der Waals surface area contributed by atoms with Gasteiger partial charge in [-0.1, -0.05) is 6.07 Å². The Labute approximate surface area is 96.4 Å². The molecular formula is C13H18O3. The van der Waals surface area contributed by atoms with Crippen LogP contribution in [-0.2, 0) is 4.74 Å². The zero-order chi connectivity index (χ0) is 12.1. The van der Waals surface area contributed by atoms with E-state index < -0.39 is 0 Å². The van der Waals surface area contributed by atoms with Gasteiger partial charge in [-0.2, -0.15) is 0 Å². The topological polar surface area (TPSA) is 35.5 Å². The molecule has 0 atom stereocenters. The van der Waals surface area contributed by atoms with E-state index in [1.54, 1.807) is 7.11 Å². The fourth-order valence-electron chi connectivity index (χ4n) is 1.71. The lowest BCUT2D eigenvalue weighted by Gasteiger charge is -2.11. The van der Waals surface area contributed by atoms with E-state index in [-0.39, 0.29) is 12.4 Å². The van der Waals surface area contributed by atoms with Gasteiger partial charge in [-0.3, -0.25) is 4.79 Å². The number of hydrogen-bond acceptors (Lipinski definition) is 3. The van der Waals surface area contributed by atoms with Crippen molar-refractivity contribution in [3.63, 3.8) is 0 Å². The molecule has 88 valence electrons. The number of ketones is 1. The number of carbonyl (C=O) groups excluding carboxylic acids is 1. The third kappa shape index (κ3) is 2.83. The first-order valence-electron chi connectivity index (χ1n) is 5.36. The van der Waals surface area contributed by atoms with Crippen LogP contribution in [0, 0.1) is 13.8 Å². The van der Waals surface area contributed by atoms with Gasteiger partial charge in [0.1, 0.15) is 12.4 Å². The molecule has 0 amide bonds. The van der Waals surface area contributed by atoms with Gasteiger partial charge in [0, 0.05) is 6.61 Å². The molecule has 1 aromatic carbocycles. The van der Waals surface area contributed by atoms with Crippen LogP contribution in [0.15, 0.2) is 12.1 Å². The maximum absolute atomic E-state index is 11.9. The summed E-state index contributed by atoms with van der Waals surface area (Å²) in [6.07, 6.45) is 0. The number of benzene rings is 1. The minimum atomic E-state index is -0.0313. The lowest BCUT2D eigenvalue weighted by atomic mass is 10.0. The summed E-state index contributed by atoms with van der Waals surface area (Å²) in [4.78, 5) is 11.9. The highest BCUT2D eigenvalue weighted by atomic mass is 16.5. The molecule has 3 nitrogen and oxygen atoms in total. The first-order valence-corrected chi connectivity index (χ1v) is 5.36. The van der Waals surface area contributed by atoms with Crippen molar-refractivity contribution in [2.45, 2.75) is 20.8 Å². The van der Waals surface area contributed by atoms with Crippen molar-refractivity contribution in [1.82, 2.24) is 0 Å². The van der Waals surface area contributed by atoms with Crippen LogP contribution in [0.3, 0.4) is 0 Å². The Bertz CT molecular complexity index is 383. The van der Waals surface area contributed by atoms with E-state index in [0.29, 0.717) is 17.9 Å². The number of ether oxygens (including phenoxy) is 2. The molecule has 0 fully saturated rings. The van der Waals surface area contributed by atoms with Crippen molar-refractivity contribution in [3.05, 3.63) is 28.8 Å². The van der Waals surface area contributed by atoms with Crippen molar-refractivity contribution in [2.75, 3.05) is 20.3 Å². The summed E-state index contributed by atoms with van der Waals surface area (Å²) in [6.45, 7) is 6.41. The molecule has 0 aliphatic carbocycles. The average molecular weight is 222 g/mol. The lowest BCUT2D eigenvalue weighted by Crippen LogP contribution is -2.12. The van der Waals surface area contributed by atoms with Crippen molar-refractivity contribution in [1.29, 1.82) is 0 Å². The Balaban J connectivity index is 3.06. The van der Waals surface area contributed by atoms with Crippen LogP contribution >= 0.6 is 0 Å². The summed E-state index contributed by atoms with van der Waals surface area (Å²) in [6, 6.07) is 3.84. The molecule has 0 aromatic heterocycles. The summed E-state index contributed by atoms with van der Waals surface area (Å²) >= 11 is 0. The normalized spacial score (nSPS) is 10.2. The summed E-state index contributed by atoms with van der Waals surface area (Å²) < 4.78 is 10.4. The molecule has 0 aliphatic heterocycles. The van der Waals surface area contributed by atoms with Crippen LogP contribution in [-0.4, -0.2) is 26.1 Å². The Morgan fingerprint density at radius 3 is 2.56 bits per heavy atom. The molecule has 0 radical (unpaired) electrons. The van der Waals surface area contributed by atoms with Gasteiger partial charge in [-0.05, 0) is 38.0 Å². The Morgan fingerprint density at radius 2 is 2.00 bits per heavy atom. The van der Waals surface area contributed by atoms with E-state index in [4.69, 9.17) is 9.47 Å². The molecule has 0 unspecified atom stereocenters. The van der Waals surface area contributed by atoms with Gasteiger partial charge in [-0.25, -0.2) is 0 Å². The summed E-state index contributed by atoms with van der Waals surface area (Å²) in [7, 11) is 1.58. The maximum Gasteiger partial charge on any atom is 0.192 e. The molecule has 0 saturated heterocycles. The SMILES string of the molecule is CCOCC(=O)c1c(C)cc(C)cc1OC. The Kier molecular flexibility index (Phi) is 4.50. The first-order chi connectivity index (χ1) is 7.60. The summed E-state index contributed by atoms with van der Waals surface area (Å²) in [5.74, 6) is 0.596. The van der Waals surface area contributed by atoms with E-state index in [9.17, 15) is 4.79 Å². The number of aryl methyl sites for hydroxylation is 2. The second-order valence-corrected chi connectivity index (χ2v) is 3.72. The highest BCUT2D eigenvalue weighted by Crippen LogP contribution is 2.24. The molecule has 1 aromatic rings. The molecule has 0 heterocycles. The largest absolute Gasteiger partial charge is 0.496 e. The monoisotopic (exact) mass is 222 g/mol. The van der Waals surface area contributed by atoms with Crippen LogP contribution in [0.5, 0.6) is 5.75 Å². The third-order valence-electron chi connectivity index (χ3n) is 2.38. The zero-order valence-electron chi connectivity index (χ0n) is 10.3. The summed E-state index contributed by atoms with van der Waals surface area (Å²) in [5.41, 5.74) is 2.64. The van der Waals surface area contributed by atoms with Gasteiger partial charge in [0.2, 0.25) is 0 Å². The number of rotatable bonds is 5. The van der Waals surface area contributed by atoms with Gasteiger partial charge in [0.05, 0.1) is 12.7 Å². The first kappa shape index (κ1) is 12.7. The number of carbonyl (C=O) groups is 1. The molecule has 0 N–H and O–H groups in total. The van der Waals surface area contributed by atoms with Crippen LogP contribution in [0.25, 0.3) is 0 Å². The van der Waals surface area contributed by atoms with Crippen LogP contribution < -0.4 is 4.74 Å². The van der Waals surface area contributed by atoms with E-state index in [0.717, 1.165) is 11.1 Å². The smallest absolute Gasteiger partial charge is 0.192 e. The highest BCUT2D eigenvalue weighted by molar-refractivity contribution is 6.01. The van der Waals surface area contributed by atoms with Crippen molar-refractivity contribution in [3.8, 4) is 5.75 Å². The zero-order valence-corrected chi connectivity index (χ0v) is 10.3. The van der Waals surface area contributed by atoms with Crippen molar-refractivity contribution in [2.24, 2.45) is 0 Å². The number of hydrogen-bond donors (Lipinski definition) is 0. The van der Waals surface area contributed by atoms with Crippen LogP contribution in [0.4, 0.5) is 0 Å². The third-order valence-corrected chi connectivity index (χ3v) is 2.38. The highest BCUT2D eigenvalue weighted by Gasteiger charge is 2.15. The lowest BCUT2D eigenvalue weighted by molar-refractivity contribution is 0.0779. The quantitative estimate of drug-likeness (QED) is 0.718. The second-order valence-electron chi connectivity index (χ2n) is 3.72. The minimum absolute atomic E-state index is 0.0313. The van der Waals surface area contributed by atoms with E-state index in [1.165, 1.54) is 0 Å². The van der Waals surface area contributed by atoms with Gasteiger partial charge in [-0.15, -0.1) is 0 Å². The van der Waals surface area contributed by atoms with Gasteiger partial charge < -0.3 is 9.47 Å². The number of methoxy groups -OCH3 is 1. The van der Waals surface area contributed by atoms with Crippen LogP contribution in [0.2, 0.25) is 0 Å². The summed E-state index contributed by atoms with van der Waals surface area (Å²) in [5, 5.41) is 0. The van der Waals surface area contributed by atoms with Crippen molar-refractivity contribution < 1.29 is 14.3 Å². The van der Waals surface area contributed by atoms with Crippen LogP contribution in [0.1, 0.15) is 28.4 Å². The van der Waals surface area contributed by atoms with Gasteiger partial charge in [0.15, 0.2) is 5.78 Å². The van der Waals surface area contributed by atoms with E-state index in [2.05, 4.69) is 0 Å². The maximum atomic E-state index is 11.9. The fourth-order valence-corrected chi connectivity index (χ4v) is 1.71. The average Bonchev–Trinajstić information content (AvgIpc) is 2.24. The standard InChI is InChI=1S/C13H18O3/c1-5-16-8-11(14)13-10(3)6-9(2)7-12(13)15-4/h6-7H,5,8H2,1-4H3. The predicted molar refractivity (Wildman–Crippen MR) is 63.3 cm³/mol. The molecule has 1 rings (SSSR count). The van der Waals surface area contributed by atoms with Crippen molar-refractivity contribution >= 4 is 5.78 Å². The predicted octanol–water partition coefficient (Wildman–Crippen LogP) is 2.53.